The largest absolute Gasteiger partial charge is 0.491 e. The number of carbonyl (C=O) groups is 1. The first-order valence-electron chi connectivity index (χ1n) is 6.63. The van der Waals surface area contributed by atoms with Crippen molar-refractivity contribution in [3.05, 3.63) is 30.1 Å². The topological polar surface area (TPSA) is 84.6 Å². The van der Waals surface area contributed by atoms with Gasteiger partial charge in [-0.1, -0.05) is 0 Å². The molecule has 0 fully saturated rings. The molecule has 1 amide bonds. The van der Waals surface area contributed by atoms with Gasteiger partial charge >= 0.3 is 0 Å². The summed E-state index contributed by atoms with van der Waals surface area (Å²) in [5, 5.41) is 12.7. The minimum absolute atomic E-state index is 0.139. The van der Waals surface area contributed by atoms with Gasteiger partial charge in [-0.25, -0.2) is 4.39 Å². The maximum atomic E-state index is 12.7. The fourth-order valence-electron chi connectivity index (χ4n) is 1.60. The molecule has 0 aliphatic heterocycles. The summed E-state index contributed by atoms with van der Waals surface area (Å²) >= 11 is 0. The van der Waals surface area contributed by atoms with Crippen molar-refractivity contribution in [1.82, 2.24) is 5.32 Å². The smallest absolute Gasteiger partial charge is 0.217 e. The van der Waals surface area contributed by atoms with Gasteiger partial charge in [0.2, 0.25) is 5.91 Å². The van der Waals surface area contributed by atoms with Crippen LogP contribution in [-0.4, -0.2) is 36.8 Å². The van der Waals surface area contributed by atoms with Gasteiger partial charge in [0.25, 0.3) is 0 Å². The zero-order chi connectivity index (χ0) is 14.8. The second-order valence-electron chi connectivity index (χ2n) is 4.55. The van der Waals surface area contributed by atoms with Gasteiger partial charge in [0.15, 0.2) is 0 Å². The summed E-state index contributed by atoms with van der Waals surface area (Å²) in [4.78, 5) is 10.5. The van der Waals surface area contributed by atoms with E-state index >= 15 is 0 Å². The van der Waals surface area contributed by atoms with Crippen LogP contribution in [-0.2, 0) is 4.79 Å². The van der Waals surface area contributed by atoms with E-state index < -0.39 is 6.10 Å². The van der Waals surface area contributed by atoms with Crippen molar-refractivity contribution in [2.24, 2.45) is 5.73 Å². The van der Waals surface area contributed by atoms with Crippen molar-refractivity contribution in [2.75, 3.05) is 19.7 Å². The third kappa shape index (κ3) is 7.70. The molecule has 1 aromatic rings. The van der Waals surface area contributed by atoms with Crippen LogP contribution in [0.25, 0.3) is 0 Å². The van der Waals surface area contributed by atoms with Crippen LogP contribution >= 0.6 is 0 Å². The van der Waals surface area contributed by atoms with E-state index in [4.69, 9.17) is 10.5 Å². The number of primary amides is 1. The predicted molar refractivity (Wildman–Crippen MR) is 73.8 cm³/mol. The molecule has 0 saturated carbocycles. The van der Waals surface area contributed by atoms with E-state index in [1.807, 2.05) is 0 Å². The maximum Gasteiger partial charge on any atom is 0.217 e. The minimum atomic E-state index is -0.642. The molecular weight excluding hydrogens is 263 g/mol. The van der Waals surface area contributed by atoms with Crippen LogP contribution in [0.3, 0.4) is 0 Å². The van der Waals surface area contributed by atoms with Crippen LogP contribution < -0.4 is 15.8 Å². The molecule has 112 valence electrons. The number of nitrogens with two attached hydrogens (primary N) is 1. The summed E-state index contributed by atoms with van der Waals surface area (Å²) in [6.45, 7) is 1.25. The van der Waals surface area contributed by atoms with E-state index in [0.717, 1.165) is 12.8 Å². The maximum absolute atomic E-state index is 12.7. The summed E-state index contributed by atoms with van der Waals surface area (Å²) in [5.41, 5.74) is 5.02. The number of ether oxygens (including phenoxy) is 1. The quantitative estimate of drug-likeness (QED) is 0.555. The number of hydrogen-bond acceptors (Lipinski definition) is 4. The molecule has 5 nitrogen and oxygen atoms in total. The van der Waals surface area contributed by atoms with Crippen LogP contribution in [0.1, 0.15) is 19.3 Å². The molecule has 1 rings (SSSR count). The van der Waals surface area contributed by atoms with Crippen LogP contribution in [0.4, 0.5) is 4.39 Å². The standard InChI is InChI=1S/C14H21FN2O3/c15-11-4-6-13(7-5-11)20-10-12(18)9-17-8-2-1-3-14(16)19/h4-7,12,17-18H,1-3,8-10H2,(H2,16,19). The Morgan fingerprint density at radius 1 is 1.35 bits per heavy atom. The number of halogens is 1. The Hall–Kier alpha value is -1.66. The van der Waals surface area contributed by atoms with Gasteiger partial charge in [-0.3, -0.25) is 4.79 Å². The monoisotopic (exact) mass is 284 g/mol. The van der Waals surface area contributed by atoms with Crippen molar-refractivity contribution < 1.29 is 19.0 Å². The first kappa shape index (κ1) is 16.4. The number of nitrogens with one attached hydrogen (secondary N) is 1. The van der Waals surface area contributed by atoms with E-state index in [0.29, 0.717) is 25.3 Å². The molecule has 4 N–H and O–H groups in total. The van der Waals surface area contributed by atoms with E-state index in [2.05, 4.69) is 5.32 Å². The minimum Gasteiger partial charge on any atom is -0.491 e. The lowest BCUT2D eigenvalue weighted by Gasteiger charge is -2.13. The Labute approximate surface area is 117 Å². The molecule has 6 heteroatoms. The van der Waals surface area contributed by atoms with Gasteiger partial charge in [0.1, 0.15) is 24.3 Å². The molecule has 1 unspecified atom stereocenters. The van der Waals surface area contributed by atoms with Crippen molar-refractivity contribution in [2.45, 2.75) is 25.4 Å². The molecule has 20 heavy (non-hydrogen) atoms. The number of hydrogen-bond donors (Lipinski definition) is 3. The second kappa shape index (κ2) is 9.28. The lowest BCUT2D eigenvalue weighted by molar-refractivity contribution is -0.118. The summed E-state index contributed by atoms with van der Waals surface area (Å²) in [5.74, 6) is -0.0971. The van der Waals surface area contributed by atoms with Gasteiger partial charge in [-0.05, 0) is 43.7 Å². The van der Waals surface area contributed by atoms with Gasteiger partial charge < -0.3 is 20.9 Å². The van der Waals surface area contributed by atoms with Crippen molar-refractivity contribution in [1.29, 1.82) is 0 Å². The summed E-state index contributed by atoms with van der Waals surface area (Å²) < 4.78 is 18.0. The fourth-order valence-corrected chi connectivity index (χ4v) is 1.60. The highest BCUT2D eigenvalue weighted by atomic mass is 19.1. The number of amides is 1. The Balaban J connectivity index is 2.04. The van der Waals surface area contributed by atoms with Crippen molar-refractivity contribution in [3.63, 3.8) is 0 Å². The molecule has 0 bridgehead atoms. The molecular formula is C14H21FN2O3. The third-order valence-corrected chi connectivity index (χ3v) is 2.66. The Bertz CT molecular complexity index is 398. The second-order valence-corrected chi connectivity index (χ2v) is 4.55. The molecule has 0 aliphatic rings. The third-order valence-electron chi connectivity index (χ3n) is 2.66. The van der Waals surface area contributed by atoms with Gasteiger partial charge in [-0.2, -0.15) is 0 Å². The van der Waals surface area contributed by atoms with Gasteiger partial charge in [0, 0.05) is 13.0 Å². The molecule has 0 spiro atoms. The first-order valence-corrected chi connectivity index (χ1v) is 6.63. The summed E-state index contributed by atoms with van der Waals surface area (Å²) in [6.07, 6.45) is 1.31. The average molecular weight is 284 g/mol. The zero-order valence-corrected chi connectivity index (χ0v) is 11.3. The highest BCUT2D eigenvalue weighted by Gasteiger charge is 2.05. The van der Waals surface area contributed by atoms with E-state index in [1.165, 1.54) is 24.3 Å². The highest BCUT2D eigenvalue weighted by molar-refractivity contribution is 5.73. The number of rotatable bonds is 10. The normalized spacial score (nSPS) is 12.1. The summed E-state index contributed by atoms with van der Waals surface area (Å²) in [6, 6.07) is 5.63. The lowest BCUT2D eigenvalue weighted by atomic mass is 10.2. The number of unbranched alkanes of at least 4 members (excludes halogenated alkanes) is 1. The molecule has 0 aromatic heterocycles. The molecule has 0 saturated heterocycles. The van der Waals surface area contributed by atoms with E-state index in [-0.39, 0.29) is 18.3 Å². The van der Waals surface area contributed by atoms with Gasteiger partial charge in [-0.15, -0.1) is 0 Å². The van der Waals surface area contributed by atoms with E-state index in [1.54, 1.807) is 0 Å². The fraction of sp³-hybridized carbons (Fsp3) is 0.500. The zero-order valence-electron chi connectivity index (χ0n) is 11.3. The predicted octanol–water partition coefficient (Wildman–Crippen LogP) is 0.811. The van der Waals surface area contributed by atoms with E-state index in [9.17, 15) is 14.3 Å². The Kier molecular flexibility index (Phi) is 7.60. The Morgan fingerprint density at radius 3 is 2.70 bits per heavy atom. The average Bonchev–Trinajstić information content (AvgIpc) is 2.41. The van der Waals surface area contributed by atoms with Crippen molar-refractivity contribution in [3.8, 4) is 5.75 Å². The molecule has 0 heterocycles. The van der Waals surface area contributed by atoms with Crippen LogP contribution in [0.5, 0.6) is 5.75 Å². The van der Waals surface area contributed by atoms with Crippen LogP contribution in [0.15, 0.2) is 24.3 Å². The first-order chi connectivity index (χ1) is 9.58. The van der Waals surface area contributed by atoms with Crippen LogP contribution in [0, 0.1) is 5.82 Å². The number of carbonyl (C=O) groups excluding carboxylic acids is 1. The Morgan fingerprint density at radius 2 is 2.05 bits per heavy atom. The van der Waals surface area contributed by atoms with Crippen LogP contribution in [0.2, 0.25) is 0 Å². The molecule has 0 aliphatic carbocycles. The highest BCUT2D eigenvalue weighted by Crippen LogP contribution is 2.11. The lowest BCUT2D eigenvalue weighted by Crippen LogP contribution is -2.32. The molecule has 0 radical (unpaired) electrons. The number of aliphatic hydroxyl groups is 1. The molecule has 1 atom stereocenters. The summed E-state index contributed by atoms with van der Waals surface area (Å²) in [7, 11) is 0. The number of aliphatic hydroxyl groups excluding tert-OH is 1. The molecule has 1 aromatic carbocycles. The van der Waals surface area contributed by atoms with Gasteiger partial charge in [0.05, 0.1) is 0 Å². The SMILES string of the molecule is NC(=O)CCCCNCC(O)COc1ccc(F)cc1. The van der Waals surface area contributed by atoms with Crippen molar-refractivity contribution >= 4 is 5.91 Å². The number of benzene rings is 1.